The quantitative estimate of drug-likeness (QED) is 0.855. The highest BCUT2D eigenvalue weighted by Gasteiger charge is 2.24. The molecule has 0 spiro atoms. The minimum atomic E-state index is -0.0501. The Morgan fingerprint density at radius 2 is 2.20 bits per heavy atom. The molecule has 0 aliphatic carbocycles. The number of carbonyl (C=O) groups excluding carboxylic acids is 1. The van der Waals surface area contributed by atoms with Gasteiger partial charge in [-0.1, -0.05) is 6.07 Å². The lowest BCUT2D eigenvalue weighted by Crippen LogP contribution is -2.34. The summed E-state index contributed by atoms with van der Waals surface area (Å²) >= 11 is 0. The number of piperidine rings is 1. The summed E-state index contributed by atoms with van der Waals surface area (Å²) in [7, 11) is 3.49. The number of carbonyl (C=O) groups is 1. The molecule has 1 amide bonds. The van der Waals surface area contributed by atoms with Crippen molar-refractivity contribution in [1.29, 1.82) is 0 Å². The molecule has 1 saturated heterocycles. The topological polar surface area (TPSA) is 62.2 Å². The number of likely N-dealkylation sites (tertiary alicyclic amines) is 1. The van der Waals surface area contributed by atoms with Gasteiger partial charge in [-0.15, -0.1) is 0 Å². The summed E-state index contributed by atoms with van der Waals surface area (Å²) in [4.78, 5) is 29.5. The van der Waals surface area contributed by atoms with Gasteiger partial charge in [0.25, 0.3) is 5.91 Å². The van der Waals surface area contributed by atoms with Gasteiger partial charge in [0, 0.05) is 51.7 Å². The first kappa shape index (κ1) is 17.5. The molecule has 132 valence electrons. The number of hydrogen-bond acceptors (Lipinski definition) is 5. The standard InChI is InChI=1S/C19H25N5O/c1-14-17(19(25)23(2)3)11-21-18(22-14)16-7-5-9-24(13-16)12-15-6-4-8-20-10-15/h4,6,8,10-11,16H,5,7,9,12-13H2,1-3H3/t16-/m0/s1. The molecule has 0 N–H and O–H groups in total. The largest absolute Gasteiger partial charge is 0.345 e. The van der Waals surface area contributed by atoms with Crippen LogP contribution in [0.5, 0.6) is 0 Å². The smallest absolute Gasteiger partial charge is 0.256 e. The first-order valence-electron chi connectivity index (χ1n) is 8.71. The predicted octanol–water partition coefficient (Wildman–Crippen LogP) is 2.26. The molecule has 1 aliphatic heterocycles. The third kappa shape index (κ3) is 4.20. The molecule has 0 bridgehead atoms. The molecule has 3 rings (SSSR count). The van der Waals surface area contributed by atoms with E-state index < -0.39 is 0 Å². The zero-order chi connectivity index (χ0) is 17.8. The molecule has 1 fully saturated rings. The summed E-state index contributed by atoms with van der Waals surface area (Å²) in [5.41, 5.74) is 2.57. The van der Waals surface area contributed by atoms with Crippen LogP contribution in [0.4, 0.5) is 0 Å². The Balaban J connectivity index is 1.71. The van der Waals surface area contributed by atoms with E-state index in [1.165, 1.54) is 5.56 Å². The van der Waals surface area contributed by atoms with E-state index in [9.17, 15) is 4.79 Å². The van der Waals surface area contributed by atoms with E-state index in [0.717, 1.165) is 44.0 Å². The highest BCUT2D eigenvalue weighted by atomic mass is 16.2. The average molecular weight is 339 g/mol. The summed E-state index contributed by atoms with van der Waals surface area (Å²) < 4.78 is 0. The summed E-state index contributed by atoms with van der Waals surface area (Å²) in [5.74, 6) is 1.11. The fourth-order valence-corrected chi connectivity index (χ4v) is 3.29. The van der Waals surface area contributed by atoms with Crippen LogP contribution in [-0.2, 0) is 6.54 Å². The van der Waals surface area contributed by atoms with Crippen molar-refractivity contribution in [2.45, 2.75) is 32.2 Å². The number of aromatic nitrogens is 3. The van der Waals surface area contributed by atoms with Crippen molar-refractivity contribution in [3.63, 3.8) is 0 Å². The normalized spacial score (nSPS) is 18.1. The first-order chi connectivity index (χ1) is 12.0. The Morgan fingerprint density at radius 3 is 2.88 bits per heavy atom. The molecule has 2 aromatic heterocycles. The number of amides is 1. The highest BCUT2D eigenvalue weighted by Crippen LogP contribution is 2.26. The number of rotatable bonds is 4. The maximum atomic E-state index is 12.1. The lowest BCUT2D eigenvalue weighted by Gasteiger charge is -2.32. The van der Waals surface area contributed by atoms with Gasteiger partial charge in [0.15, 0.2) is 0 Å². The van der Waals surface area contributed by atoms with Gasteiger partial charge in [-0.25, -0.2) is 9.97 Å². The van der Waals surface area contributed by atoms with E-state index in [4.69, 9.17) is 0 Å². The van der Waals surface area contributed by atoms with Crippen molar-refractivity contribution >= 4 is 5.91 Å². The van der Waals surface area contributed by atoms with Crippen LogP contribution in [0.3, 0.4) is 0 Å². The molecule has 1 atom stereocenters. The number of aryl methyl sites for hydroxylation is 1. The second kappa shape index (κ2) is 7.70. The van der Waals surface area contributed by atoms with Crippen LogP contribution in [0.15, 0.2) is 30.7 Å². The van der Waals surface area contributed by atoms with Crippen LogP contribution >= 0.6 is 0 Å². The number of nitrogens with zero attached hydrogens (tertiary/aromatic N) is 5. The molecule has 1 aliphatic rings. The SMILES string of the molecule is Cc1nc([C@H]2CCCN(Cc3cccnc3)C2)ncc1C(=O)N(C)C. The van der Waals surface area contributed by atoms with Gasteiger partial charge >= 0.3 is 0 Å². The number of hydrogen-bond donors (Lipinski definition) is 0. The predicted molar refractivity (Wildman–Crippen MR) is 96.3 cm³/mol. The van der Waals surface area contributed by atoms with Crippen molar-refractivity contribution < 1.29 is 4.79 Å². The lowest BCUT2D eigenvalue weighted by molar-refractivity contribution is 0.0825. The van der Waals surface area contributed by atoms with Gasteiger partial charge in [0.1, 0.15) is 5.82 Å². The van der Waals surface area contributed by atoms with Crippen LogP contribution in [-0.4, -0.2) is 57.8 Å². The Hall–Kier alpha value is -2.34. The molecular formula is C19H25N5O. The van der Waals surface area contributed by atoms with Gasteiger partial charge in [-0.3, -0.25) is 14.7 Å². The van der Waals surface area contributed by atoms with E-state index in [1.807, 2.05) is 19.2 Å². The van der Waals surface area contributed by atoms with Crippen LogP contribution < -0.4 is 0 Å². The van der Waals surface area contributed by atoms with E-state index >= 15 is 0 Å². The van der Waals surface area contributed by atoms with Gasteiger partial charge in [-0.2, -0.15) is 0 Å². The second-order valence-electron chi connectivity index (χ2n) is 6.86. The summed E-state index contributed by atoms with van der Waals surface area (Å²) in [6, 6.07) is 4.09. The van der Waals surface area contributed by atoms with Crippen LogP contribution in [0.1, 0.15) is 46.2 Å². The Morgan fingerprint density at radius 1 is 1.36 bits per heavy atom. The average Bonchev–Trinajstić information content (AvgIpc) is 2.62. The maximum absolute atomic E-state index is 12.1. The Labute approximate surface area is 148 Å². The number of pyridine rings is 1. The van der Waals surface area contributed by atoms with E-state index in [0.29, 0.717) is 11.5 Å². The van der Waals surface area contributed by atoms with Crippen molar-refractivity contribution in [1.82, 2.24) is 24.8 Å². The maximum Gasteiger partial charge on any atom is 0.256 e. The molecule has 25 heavy (non-hydrogen) atoms. The Kier molecular flexibility index (Phi) is 5.38. The van der Waals surface area contributed by atoms with Gasteiger partial charge in [-0.05, 0) is 37.9 Å². The second-order valence-corrected chi connectivity index (χ2v) is 6.86. The van der Waals surface area contributed by atoms with E-state index in [2.05, 4.69) is 25.9 Å². The minimum absolute atomic E-state index is 0.0501. The van der Waals surface area contributed by atoms with Crippen LogP contribution in [0.25, 0.3) is 0 Å². The Bertz CT molecular complexity index is 732. The van der Waals surface area contributed by atoms with Crippen molar-refractivity contribution in [2.24, 2.45) is 0 Å². The van der Waals surface area contributed by atoms with E-state index in [1.54, 1.807) is 31.4 Å². The minimum Gasteiger partial charge on any atom is -0.345 e. The molecule has 3 heterocycles. The van der Waals surface area contributed by atoms with Crippen molar-refractivity contribution in [2.75, 3.05) is 27.2 Å². The van der Waals surface area contributed by atoms with Crippen molar-refractivity contribution in [3.05, 3.63) is 53.4 Å². The van der Waals surface area contributed by atoms with E-state index in [-0.39, 0.29) is 5.91 Å². The molecule has 2 aromatic rings. The third-order valence-electron chi connectivity index (χ3n) is 4.63. The lowest BCUT2D eigenvalue weighted by atomic mass is 9.96. The van der Waals surface area contributed by atoms with Gasteiger partial charge in [0.05, 0.1) is 11.3 Å². The molecule has 0 unspecified atom stereocenters. The van der Waals surface area contributed by atoms with Crippen LogP contribution in [0, 0.1) is 6.92 Å². The summed E-state index contributed by atoms with van der Waals surface area (Å²) in [6.07, 6.45) is 7.62. The molecule has 0 radical (unpaired) electrons. The molecule has 0 aromatic carbocycles. The zero-order valence-electron chi connectivity index (χ0n) is 15.1. The molecular weight excluding hydrogens is 314 g/mol. The summed E-state index contributed by atoms with van der Waals surface area (Å²) in [5, 5.41) is 0. The first-order valence-corrected chi connectivity index (χ1v) is 8.71. The van der Waals surface area contributed by atoms with Gasteiger partial charge < -0.3 is 4.90 Å². The van der Waals surface area contributed by atoms with Crippen molar-refractivity contribution in [3.8, 4) is 0 Å². The summed E-state index contributed by atoms with van der Waals surface area (Å²) in [6.45, 7) is 4.82. The zero-order valence-corrected chi connectivity index (χ0v) is 15.1. The third-order valence-corrected chi connectivity index (χ3v) is 4.63. The van der Waals surface area contributed by atoms with Crippen LogP contribution in [0.2, 0.25) is 0 Å². The fraction of sp³-hybridized carbons (Fsp3) is 0.474. The molecule has 0 saturated carbocycles. The highest BCUT2D eigenvalue weighted by molar-refractivity contribution is 5.94. The fourth-order valence-electron chi connectivity index (χ4n) is 3.29. The molecule has 6 nitrogen and oxygen atoms in total. The monoisotopic (exact) mass is 339 g/mol. The van der Waals surface area contributed by atoms with Gasteiger partial charge in [0.2, 0.25) is 0 Å². The molecule has 6 heteroatoms.